The molecule has 3 rings (SSSR count). The lowest BCUT2D eigenvalue weighted by atomic mass is 10.2. The van der Waals surface area contributed by atoms with Gasteiger partial charge in [-0.15, -0.1) is 0 Å². The van der Waals surface area contributed by atoms with E-state index in [0.717, 1.165) is 17.7 Å². The maximum Gasteiger partial charge on any atom is 0.331 e. The van der Waals surface area contributed by atoms with Crippen LogP contribution < -0.4 is 4.90 Å². The molecule has 4 nitrogen and oxygen atoms in total. The zero-order valence-electron chi connectivity index (χ0n) is 13.8. The van der Waals surface area contributed by atoms with Gasteiger partial charge in [0, 0.05) is 18.3 Å². The SMILES string of the molecule is C[C@@H](OC(=O)/C=C/c1cccc(F)c1)C(=O)N1CCc2ccccc21. The van der Waals surface area contributed by atoms with Crippen molar-refractivity contribution in [2.75, 3.05) is 11.4 Å². The van der Waals surface area contributed by atoms with Crippen LogP contribution in [0.2, 0.25) is 0 Å². The number of amides is 1. The lowest BCUT2D eigenvalue weighted by molar-refractivity contribution is -0.149. The number of nitrogens with zero attached hydrogens (tertiary/aromatic N) is 1. The summed E-state index contributed by atoms with van der Waals surface area (Å²) in [6, 6.07) is 13.5. The minimum absolute atomic E-state index is 0.252. The molecule has 1 aliphatic heterocycles. The van der Waals surface area contributed by atoms with Gasteiger partial charge in [0.2, 0.25) is 0 Å². The van der Waals surface area contributed by atoms with Crippen molar-refractivity contribution in [2.24, 2.45) is 0 Å². The summed E-state index contributed by atoms with van der Waals surface area (Å²) in [6.45, 7) is 2.14. The molecular weight excluding hydrogens is 321 g/mol. The third-order valence-corrected chi connectivity index (χ3v) is 4.05. The van der Waals surface area contributed by atoms with E-state index in [1.165, 1.54) is 24.3 Å². The Bertz CT molecular complexity index is 831. The third kappa shape index (κ3) is 3.94. The average Bonchev–Trinajstić information content (AvgIpc) is 3.03. The molecule has 0 fully saturated rings. The Hall–Kier alpha value is -2.95. The normalized spacial score (nSPS) is 14.4. The summed E-state index contributed by atoms with van der Waals surface area (Å²) in [4.78, 5) is 26.1. The molecule has 1 aliphatic rings. The van der Waals surface area contributed by atoms with Crippen molar-refractivity contribution in [1.29, 1.82) is 0 Å². The van der Waals surface area contributed by atoms with Crippen molar-refractivity contribution in [1.82, 2.24) is 0 Å². The van der Waals surface area contributed by atoms with Gasteiger partial charge in [0.1, 0.15) is 5.82 Å². The lowest BCUT2D eigenvalue weighted by Crippen LogP contribution is -2.38. The minimum atomic E-state index is -0.893. The number of rotatable bonds is 4. The van der Waals surface area contributed by atoms with Gasteiger partial charge in [0.25, 0.3) is 5.91 Å². The van der Waals surface area contributed by atoms with Gasteiger partial charge in [-0.3, -0.25) is 4.79 Å². The summed E-state index contributed by atoms with van der Waals surface area (Å²) in [6.07, 6.45) is 2.54. The Morgan fingerprint density at radius 1 is 1.20 bits per heavy atom. The van der Waals surface area contributed by atoms with Crippen LogP contribution in [0.15, 0.2) is 54.6 Å². The molecule has 0 spiro atoms. The van der Waals surface area contributed by atoms with Crippen LogP contribution >= 0.6 is 0 Å². The summed E-state index contributed by atoms with van der Waals surface area (Å²) in [7, 11) is 0. The molecule has 2 aromatic rings. The molecular formula is C20H18FNO3. The van der Waals surface area contributed by atoms with Crippen LogP contribution in [0.1, 0.15) is 18.1 Å². The molecule has 2 aromatic carbocycles. The number of carbonyl (C=O) groups excluding carboxylic acids is 2. The largest absolute Gasteiger partial charge is 0.449 e. The highest BCUT2D eigenvalue weighted by atomic mass is 19.1. The molecule has 25 heavy (non-hydrogen) atoms. The number of carbonyl (C=O) groups is 2. The molecule has 0 bridgehead atoms. The van der Waals surface area contributed by atoms with Crippen LogP contribution in [-0.2, 0) is 20.7 Å². The fraction of sp³-hybridized carbons (Fsp3) is 0.200. The number of anilines is 1. The van der Waals surface area contributed by atoms with Crippen molar-refractivity contribution >= 4 is 23.6 Å². The summed E-state index contributed by atoms with van der Waals surface area (Å²) >= 11 is 0. The Kier molecular flexibility index (Phi) is 4.93. The first-order valence-corrected chi connectivity index (χ1v) is 8.08. The van der Waals surface area contributed by atoms with Gasteiger partial charge in [0.15, 0.2) is 6.10 Å². The third-order valence-electron chi connectivity index (χ3n) is 4.05. The van der Waals surface area contributed by atoms with Crippen LogP contribution in [0.4, 0.5) is 10.1 Å². The number of fused-ring (bicyclic) bond motifs is 1. The summed E-state index contributed by atoms with van der Waals surface area (Å²) in [5, 5.41) is 0. The summed E-state index contributed by atoms with van der Waals surface area (Å²) in [5.41, 5.74) is 2.52. The molecule has 1 amide bonds. The Balaban J connectivity index is 1.61. The van der Waals surface area contributed by atoms with Gasteiger partial charge >= 0.3 is 5.97 Å². The second kappa shape index (κ2) is 7.30. The first-order chi connectivity index (χ1) is 12.0. The number of esters is 1. The molecule has 0 aromatic heterocycles. The van der Waals surface area contributed by atoms with E-state index >= 15 is 0 Å². The topological polar surface area (TPSA) is 46.6 Å². The molecule has 1 heterocycles. The van der Waals surface area contributed by atoms with Crippen LogP contribution in [0.25, 0.3) is 6.08 Å². The number of hydrogen-bond donors (Lipinski definition) is 0. The quantitative estimate of drug-likeness (QED) is 0.634. The van der Waals surface area contributed by atoms with Gasteiger partial charge in [-0.05, 0) is 48.7 Å². The highest BCUT2D eigenvalue weighted by molar-refractivity contribution is 6.00. The van der Waals surface area contributed by atoms with Crippen molar-refractivity contribution in [3.63, 3.8) is 0 Å². The Morgan fingerprint density at radius 3 is 2.80 bits per heavy atom. The van der Waals surface area contributed by atoms with E-state index in [2.05, 4.69) is 0 Å². The van der Waals surface area contributed by atoms with Gasteiger partial charge < -0.3 is 9.64 Å². The van der Waals surface area contributed by atoms with Crippen molar-refractivity contribution in [3.8, 4) is 0 Å². The van der Waals surface area contributed by atoms with E-state index in [4.69, 9.17) is 4.74 Å². The predicted molar refractivity (Wildman–Crippen MR) is 93.5 cm³/mol. The molecule has 0 N–H and O–H groups in total. The predicted octanol–water partition coefficient (Wildman–Crippen LogP) is 3.36. The fourth-order valence-corrected chi connectivity index (χ4v) is 2.83. The Morgan fingerprint density at radius 2 is 2.00 bits per heavy atom. The minimum Gasteiger partial charge on any atom is -0.449 e. The monoisotopic (exact) mass is 339 g/mol. The van der Waals surface area contributed by atoms with Crippen molar-refractivity contribution in [3.05, 3.63) is 71.6 Å². The second-order valence-corrected chi connectivity index (χ2v) is 5.84. The highest BCUT2D eigenvalue weighted by Crippen LogP contribution is 2.28. The van der Waals surface area contributed by atoms with Gasteiger partial charge in [-0.2, -0.15) is 0 Å². The number of para-hydroxylation sites is 1. The molecule has 0 saturated heterocycles. The number of hydrogen-bond acceptors (Lipinski definition) is 3. The lowest BCUT2D eigenvalue weighted by Gasteiger charge is -2.21. The highest BCUT2D eigenvalue weighted by Gasteiger charge is 2.29. The van der Waals surface area contributed by atoms with Crippen LogP contribution in [-0.4, -0.2) is 24.5 Å². The van der Waals surface area contributed by atoms with Crippen LogP contribution in [0.3, 0.4) is 0 Å². The second-order valence-electron chi connectivity index (χ2n) is 5.84. The van der Waals surface area contributed by atoms with Gasteiger partial charge in [-0.1, -0.05) is 30.3 Å². The smallest absolute Gasteiger partial charge is 0.331 e. The standard InChI is InChI=1S/C20H18FNO3/c1-14(20(24)22-12-11-16-6-2-3-8-18(16)22)25-19(23)10-9-15-5-4-7-17(21)13-15/h2-10,13-14H,11-12H2,1H3/b10-9+/t14-/m1/s1. The first kappa shape index (κ1) is 16.9. The number of halogens is 1. The molecule has 0 radical (unpaired) electrons. The number of benzene rings is 2. The van der Waals surface area contributed by atoms with E-state index in [9.17, 15) is 14.0 Å². The maximum atomic E-state index is 13.1. The molecule has 0 aliphatic carbocycles. The molecule has 128 valence electrons. The van der Waals surface area contributed by atoms with E-state index in [1.807, 2.05) is 24.3 Å². The summed E-state index contributed by atoms with van der Waals surface area (Å²) < 4.78 is 18.3. The molecule has 1 atom stereocenters. The van der Waals surface area contributed by atoms with E-state index < -0.39 is 12.1 Å². The zero-order valence-corrected chi connectivity index (χ0v) is 13.8. The summed E-state index contributed by atoms with van der Waals surface area (Å²) in [5.74, 6) is -1.28. The average molecular weight is 339 g/mol. The van der Waals surface area contributed by atoms with E-state index in [-0.39, 0.29) is 11.7 Å². The van der Waals surface area contributed by atoms with Crippen LogP contribution in [0, 0.1) is 5.82 Å². The van der Waals surface area contributed by atoms with Crippen LogP contribution in [0.5, 0.6) is 0 Å². The van der Waals surface area contributed by atoms with Crippen molar-refractivity contribution in [2.45, 2.75) is 19.4 Å². The van der Waals surface area contributed by atoms with Crippen molar-refractivity contribution < 1.29 is 18.7 Å². The zero-order chi connectivity index (χ0) is 17.8. The molecule has 5 heteroatoms. The Labute approximate surface area is 145 Å². The first-order valence-electron chi connectivity index (χ1n) is 8.08. The molecule has 0 unspecified atom stereocenters. The fourth-order valence-electron chi connectivity index (χ4n) is 2.83. The molecule has 0 saturated carbocycles. The van der Waals surface area contributed by atoms with E-state index in [1.54, 1.807) is 24.0 Å². The van der Waals surface area contributed by atoms with Gasteiger partial charge in [-0.25, -0.2) is 9.18 Å². The number of ether oxygens (including phenoxy) is 1. The van der Waals surface area contributed by atoms with E-state index in [0.29, 0.717) is 12.1 Å². The van der Waals surface area contributed by atoms with Gasteiger partial charge in [0.05, 0.1) is 0 Å². The maximum absolute atomic E-state index is 13.1.